The van der Waals surface area contributed by atoms with Gasteiger partial charge in [-0.3, -0.25) is 4.90 Å². The van der Waals surface area contributed by atoms with Gasteiger partial charge >= 0.3 is 0 Å². The van der Waals surface area contributed by atoms with Gasteiger partial charge in [-0.05, 0) is 44.9 Å². The van der Waals surface area contributed by atoms with Crippen LogP contribution in [0, 0.1) is 0 Å². The molecule has 0 spiro atoms. The number of nitrogens with zero attached hydrogens (tertiary/aromatic N) is 1. The van der Waals surface area contributed by atoms with Gasteiger partial charge in [-0.15, -0.1) is 0 Å². The van der Waals surface area contributed by atoms with E-state index in [2.05, 4.69) is 31.0 Å². The zero-order valence-electron chi connectivity index (χ0n) is 12.4. The largest absolute Gasteiger partial charge is 0.496 e. The van der Waals surface area contributed by atoms with E-state index in [9.17, 15) is 0 Å². The fourth-order valence-electron chi connectivity index (χ4n) is 2.81. The Morgan fingerprint density at radius 1 is 1.37 bits per heavy atom. The summed E-state index contributed by atoms with van der Waals surface area (Å²) >= 11 is 0. The summed E-state index contributed by atoms with van der Waals surface area (Å²) in [5.74, 6) is 0.962. The van der Waals surface area contributed by atoms with E-state index < -0.39 is 0 Å². The van der Waals surface area contributed by atoms with Crippen LogP contribution in [0.4, 0.5) is 0 Å². The molecule has 1 unspecified atom stereocenters. The normalized spacial score (nSPS) is 19.0. The van der Waals surface area contributed by atoms with Crippen LogP contribution in [0.2, 0.25) is 0 Å². The molecule has 0 bridgehead atoms. The van der Waals surface area contributed by atoms with E-state index in [-0.39, 0.29) is 5.54 Å². The SMILES string of the molecule is COc1ccccc1CC(C)(CN)N(C)C1CCC1. The van der Waals surface area contributed by atoms with Gasteiger partial charge in [-0.25, -0.2) is 0 Å². The van der Waals surface area contributed by atoms with E-state index in [0.717, 1.165) is 12.2 Å². The monoisotopic (exact) mass is 262 g/mol. The first-order valence-electron chi connectivity index (χ1n) is 7.15. The van der Waals surface area contributed by atoms with E-state index in [1.807, 2.05) is 12.1 Å². The maximum absolute atomic E-state index is 6.08. The average Bonchev–Trinajstić information content (AvgIpc) is 2.37. The number of para-hydroxylation sites is 1. The number of rotatable bonds is 6. The fraction of sp³-hybridized carbons (Fsp3) is 0.625. The topological polar surface area (TPSA) is 38.5 Å². The molecular formula is C16H26N2O. The minimum absolute atomic E-state index is 0.000278. The zero-order chi connectivity index (χ0) is 13.9. The second-order valence-corrected chi connectivity index (χ2v) is 5.89. The Labute approximate surface area is 116 Å². The molecule has 2 rings (SSSR count). The van der Waals surface area contributed by atoms with E-state index in [1.165, 1.54) is 24.8 Å². The van der Waals surface area contributed by atoms with Crippen molar-refractivity contribution in [3.05, 3.63) is 29.8 Å². The lowest BCUT2D eigenvalue weighted by Gasteiger charge is -2.46. The molecule has 0 aliphatic heterocycles. The molecule has 1 saturated carbocycles. The van der Waals surface area contributed by atoms with Crippen LogP contribution < -0.4 is 10.5 Å². The Kier molecular flexibility index (Phi) is 4.48. The molecule has 0 radical (unpaired) electrons. The highest BCUT2D eigenvalue weighted by molar-refractivity contribution is 5.34. The summed E-state index contributed by atoms with van der Waals surface area (Å²) in [7, 11) is 3.94. The number of ether oxygens (including phenoxy) is 1. The summed E-state index contributed by atoms with van der Waals surface area (Å²) in [6.45, 7) is 2.93. The van der Waals surface area contributed by atoms with Crippen molar-refractivity contribution < 1.29 is 4.74 Å². The van der Waals surface area contributed by atoms with Crippen molar-refractivity contribution in [2.24, 2.45) is 5.73 Å². The lowest BCUT2D eigenvalue weighted by molar-refractivity contribution is 0.0496. The molecule has 1 aliphatic carbocycles. The fourth-order valence-corrected chi connectivity index (χ4v) is 2.81. The van der Waals surface area contributed by atoms with Crippen LogP contribution in [0.15, 0.2) is 24.3 Å². The highest BCUT2D eigenvalue weighted by Crippen LogP contribution is 2.32. The first-order chi connectivity index (χ1) is 9.10. The van der Waals surface area contributed by atoms with Crippen molar-refractivity contribution in [2.45, 2.75) is 44.2 Å². The number of hydrogen-bond acceptors (Lipinski definition) is 3. The molecule has 19 heavy (non-hydrogen) atoms. The summed E-state index contributed by atoms with van der Waals surface area (Å²) in [5, 5.41) is 0. The lowest BCUT2D eigenvalue weighted by atomic mass is 9.84. The molecule has 3 nitrogen and oxygen atoms in total. The number of likely N-dealkylation sites (N-methyl/N-ethyl adjacent to an activating group) is 1. The highest BCUT2D eigenvalue weighted by atomic mass is 16.5. The van der Waals surface area contributed by atoms with Gasteiger partial charge in [-0.2, -0.15) is 0 Å². The highest BCUT2D eigenvalue weighted by Gasteiger charge is 2.35. The van der Waals surface area contributed by atoms with Crippen molar-refractivity contribution in [1.82, 2.24) is 4.90 Å². The molecule has 0 heterocycles. The maximum atomic E-state index is 6.08. The molecular weight excluding hydrogens is 236 g/mol. The molecule has 1 aromatic carbocycles. The lowest BCUT2D eigenvalue weighted by Crippen LogP contribution is -2.57. The summed E-state index contributed by atoms with van der Waals surface area (Å²) in [6.07, 6.45) is 4.89. The van der Waals surface area contributed by atoms with E-state index in [4.69, 9.17) is 10.5 Å². The van der Waals surface area contributed by atoms with Crippen LogP contribution in [-0.4, -0.2) is 37.2 Å². The molecule has 106 valence electrons. The summed E-state index contributed by atoms with van der Waals surface area (Å²) < 4.78 is 5.46. The third-order valence-corrected chi connectivity index (χ3v) is 4.68. The summed E-state index contributed by atoms with van der Waals surface area (Å²) in [5.41, 5.74) is 7.32. The second-order valence-electron chi connectivity index (χ2n) is 5.89. The quantitative estimate of drug-likeness (QED) is 0.856. The Morgan fingerprint density at radius 3 is 2.58 bits per heavy atom. The Hall–Kier alpha value is -1.06. The molecule has 2 N–H and O–H groups in total. The van der Waals surface area contributed by atoms with Crippen LogP contribution in [-0.2, 0) is 6.42 Å². The second kappa shape index (κ2) is 5.93. The minimum atomic E-state index is -0.000278. The van der Waals surface area contributed by atoms with Gasteiger partial charge in [0.1, 0.15) is 5.75 Å². The first-order valence-corrected chi connectivity index (χ1v) is 7.15. The first kappa shape index (κ1) is 14.4. The van der Waals surface area contributed by atoms with Gasteiger partial charge in [0.2, 0.25) is 0 Å². The molecule has 3 heteroatoms. The predicted molar refractivity (Wildman–Crippen MR) is 79.6 cm³/mol. The van der Waals surface area contributed by atoms with Crippen LogP contribution in [0.1, 0.15) is 31.7 Å². The molecule has 1 aromatic rings. The van der Waals surface area contributed by atoms with Crippen molar-refractivity contribution in [3.63, 3.8) is 0 Å². The summed E-state index contributed by atoms with van der Waals surface area (Å²) in [6, 6.07) is 8.94. The van der Waals surface area contributed by atoms with Gasteiger partial charge in [0, 0.05) is 18.1 Å². The van der Waals surface area contributed by atoms with E-state index >= 15 is 0 Å². The van der Waals surface area contributed by atoms with Gasteiger partial charge in [0.15, 0.2) is 0 Å². The smallest absolute Gasteiger partial charge is 0.122 e. The number of methoxy groups -OCH3 is 1. The average molecular weight is 262 g/mol. The molecule has 1 atom stereocenters. The van der Waals surface area contributed by atoms with Crippen LogP contribution in [0.5, 0.6) is 5.75 Å². The molecule has 0 aromatic heterocycles. The van der Waals surface area contributed by atoms with Crippen molar-refractivity contribution >= 4 is 0 Å². The third-order valence-electron chi connectivity index (χ3n) is 4.68. The predicted octanol–water partition coefficient (Wildman–Crippen LogP) is 2.44. The zero-order valence-corrected chi connectivity index (χ0v) is 12.4. The van der Waals surface area contributed by atoms with Crippen LogP contribution in [0.3, 0.4) is 0 Å². The standard InChI is InChI=1S/C16H26N2O/c1-16(12-17,18(2)14-8-6-9-14)11-13-7-4-5-10-15(13)19-3/h4-5,7,10,14H,6,8-9,11-12,17H2,1-3H3. The van der Waals surface area contributed by atoms with Crippen molar-refractivity contribution in [2.75, 3.05) is 20.7 Å². The molecule has 0 amide bonds. The molecule has 1 aliphatic rings. The van der Waals surface area contributed by atoms with Gasteiger partial charge in [0.05, 0.1) is 7.11 Å². The molecule has 0 saturated heterocycles. The van der Waals surface area contributed by atoms with Crippen LogP contribution >= 0.6 is 0 Å². The number of hydrogen-bond donors (Lipinski definition) is 1. The minimum Gasteiger partial charge on any atom is -0.496 e. The Bertz CT molecular complexity index is 417. The van der Waals surface area contributed by atoms with Gasteiger partial charge in [0.25, 0.3) is 0 Å². The van der Waals surface area contributed by atoms with Crippen molar-refractivity contribution in [3.8, 4) is 5.75 Å². The third kappa shape index (κ3) is 2.93. The number of nitrogens with two attached hydrogens (primary N) is 1. The van der Waals surface area contributed by atoms with Crippen LogP contribution in [0.25, 0.3) is 0 Å². The Morgan fingerprint density at radius 2 is 2.05 bits per heavy atom. The number of benzene rings is 1. The van der Waals surface area contributed by atoms with E-state index in [0.29, 0.717) is 12.6 Å². The van der Waals surface area contributed by atoms with Gasteiger partial charge < -0.3 is 10.5 Å². The Balaban J connectivity index is 2.16. The molecule has 1 fully saturated rings. The summed E-state index contributed by atoms with van der Waals surface area (Å²) in [4.78, 5) is 2.48. The van der Waals surface area contributed by atoms with Crippen molar-refractivity contribution in [1.29, 1.82) is 0 Å². The maximum Gasteiger partial charge on any atom is 0.122 e. The van der Waals surface area contributed by atoms with Gasteiger partial charge in [-0.1, -0.05) is 24.6 Å². The van der Waals surface area contributed by atoms with E-state index in [1.54, 1.807) is 7.11 Å².